The van der Waals surface area contributed by atoms with Crippen molar-refractivity contribution in [2.45, 2.75) is 5.03 Å². The lowest BCUT2D eigenvalue weighted by Crippen LogP contribution is -2.02. The zero-order valence-corrected chi connectivity index (χ0v) is 11.5. The fourth-order valence-electron chi connectivity index (χ4n) is 1.52. The monoisotopic (exact) mass is 290 g/mol. The third-order valence-electron chi connectivity index (χ3n) is 2.49. The third kappa shape index (κ3) is 3.89. The zero-order valence-electron chi connectivity index (χ0n) is 10.7. The number of carboxylic acids is 1. The van der Waals surface area contributed by atoms with E-state index in [4.69, 9.17) is 15.6 Å². The molecule has 0 saturated heterocycles. The van der Waals surface area contributed by atoms with Gasteiger partial charge in [-0.15, -0.1) is 11.8 Å². The molecule has 6 heteroatoms. The lowest BCUT2D eigenvalue weighted by atomic mass is 10.2. The Morgan fingerprint density at radius 1 is 1.30 bits per heavy atom. The summed E-state index contributed by atoms with van der Waals surface area (Å²) < 4.78 is 5.52. The number of rotatable bonds is 6. The molecule has 2 aromatic rings. The zero-order chi connectivity index (χ0) is 14.4. The minimum Gasteiger partial charge on any atom is -0.493 e. The summed E-state index contributed by atoms with van der Waals surface area (Å²) in [5.74, 6) is 0.407. The molecule has 0 aliphatic carbocycles. The van der Waals surface area contributed by atoms with Gasteiger partial charge in [-0.25, -0.2) is 9.78 Å². The Hall–Kier alpha value is -2.21. The average molecular weight is 290 g/mol. The number of pyridine rings is 1. The molecule has 0 saturated carbocycles. The predicted molar refractivity (Wildman–Crippen MR) is 78.3 cm³/mol. The maximum absolute atomic E-state index is 10.7. The minimum absolute atomic E-state index is 0.244. The van der Waals surface area contributed by atoms with Gasteiger partial charge in [0.15, 0.2) is 0 Å². The molecule has 5 nitrogen and oxygen atoms in total. The number of anilines is 1. The molecule has 3 N–H and O–H groups in total. The van der Waals surface area contributed by atoms with E-state index in [1.165, 1.54) is 23.9 Å². The highest BCUT2D eigenvalue weighted by Gasteiger charge is 2.03. The highest BCUT2D eigenvalue weighted by atomic mass is 32.2. The molecule has 0 atom stereocenters. The fourth-order valence-corrected chi connectivity index (χ4v) is 2.25. The van der Waals surface area contributed by atoms with Crippen molar-refractivity contribution in [3.05, 3.63) is 48.2 Å². The van der Waals surface area contributed by atoms with E-state index in [0.29, 0.717) is 23.8 Å². The van der Waals surface area contributed by atoms with Gasteiger partial charge >= 0.3 is 5.97 Å². The van der Waals surface area contributed by atoms with Crippen molar-refractivity contribution in [1.82, 2.24) is 4.98 Å². The van der Waals surface area contributed by atoms with Crippen LogP contribution in [0.15, 0.2) is 47.6 Å². The number of aromatic nitrogens is 1. The summed E-state index contributed by atoms with van der Waals surface area (Å²) in [4.78, 5) is 14.9. The van der Waals surface area contributed by atoms with Crippen LogP contribution in [0.5, 0.6) is 5.75 Å². The Kier molecular flexibility index (Phi) is 4.84. The summed E-state index contributed by atoms with van der Waals surface area (Å²) in [6.45, 7) is 0.493. The number of nitrogens with zero attached hydrogens (tertiary/aromatic N) is 1. The van der Waals surface area contributed by atoms with E-state index >= 15 is 0 Å². The van der Waals surface area contributed by atoms with Gasteiger partial charge in [-0.3, -0.25) is 0 Å². The first-order chi connectivity index (χ1) is 9.66. The smallest absolute Gasteiger partial charge is 0.335 e. The number of aromatic carboxylic acids is 1. The van der Waals surface area contributed by atoms with Crippen molar-refractivity contribution in [3.63, 3.8) is 0 Å². The number of carboxylic acid groups (broad SMARTS) is 1. The van der Waals surface area contributed by atoms with Crippen LogP contribution in [0.1, 0.15) is 10.4 Å². The number of carbonyl (C=O) groups is 1. The van der Waals surface area contributed by atoms with Crippen LogP contribution in [-0.4, -0.2) is 28.4 Å². The molecule has 1 heterocycles. The van der Waals surface area contributed by atoms with E-state index in [9.17, 15) is 4.79 Å². The summed E-state index contributed by atoms with van der Waals surface area (Å²) in [6.07, 6.45) is 1.70. The number of hydrogen-bond acceptors (Lipinski definition) is 5. The van der Waals surface area contributed by atoms with E-state index in [1.54, 1.807) is 30.5 Å². The van der Waals surface area contributed by atoms with Gasteiger partial charge < -0.3 is 15.6 Å². The average Bonchev–Trinajstić information content (AvgIpc) is 2.46. The van der Waals surface area contributed by atoms with Crippen LogP contribution in [0.25, 0.3) is 0 Å². The molecule has 2 rings (SSSR count). The Morgan fingerprint density at radius 3 is 2.70 bits per heavy atom. The van der Waals surface area contributed by atoms with Crippen LogP contribution >= 0.6 is 11.8 Å². The van der Waals surface area contributed by atoms with Gasteiger partial charge in [-0.1, -0.05) is 0 Å². The van der Waals surface area contributed by atoms with E-state index in [0.717, 1.165) is 5.03 Å². The van der Waals surface area contributed by atoms with Crippen LogP contribution in [0.4, 0.5) is 5.69 Å². The predicted octanol–water partition coefficient (Wildman–Crippen LogP) is 2.53. The summed E-state index contributed by atoms with van der Waals surface area (Å²) >= 11 is 1.52. The Balaban J connectivity index is 1.79. The quantitative estimate of drug-likeness (QED) is 0.628. The molecule has 104 valence electrons. The van der Waals surface area contributed by atoms with E-state index in [2.05, 4.69) is 4.98 Å². The molecule has 1 aromatic carbocycles. The summed E-state index contributed by atoms with van der Waals surface area (Å²) in [5, 5.41) is 9.57. The largest absolute Gasteiger partial charge is 0.493 e. The second kappa shape index (κ2) is 6.81. The number of thioether (sulfide) groups is 1. The molecule has 0 fully saturated rings. The Labute approximate surface area is 120 Å². The number of hydrogen-bond donors (Lipinski definition) is 2. The van der Waals surface area contributed by atoms with Gasteiger partial charge in [0.1, 0.15) is 10.8 Å². The van der Waals surface area contributed by atoms with Crippen LogP contribution in [0.2, 0.25) is 0 Å². The first-order valence-corrected chi connectivity index (χ1v) is 6.95. The Morgan fingerprint density at radius 2 is 2.05 bits per heavy atom. The molecule has 0 aliphatic rings. The van der Waals surface area contributed by atoms with E-state index < -0.39 is 5.97 Å². The van der Waals surface area contributed by atoms with Crippen molar-refractivity contribution in [3.8, 4) is 5.75 Å². The summed E-state index contributed by atoms with van der Waals surface area (Å²) in [7, 11) is 0. The Bertz CT molecular complexity index is 587. The second-order valence-electron chi connectivity index (χ2n) is 3.92. The fraction of sp³-hybridized carbons (Fsp3) is 0.143. The number of ether oxygens (including phenoxy) is 1. The second-order valence-corrected chi connectivity index (χ2v) is 5.01. The first kappa shape index (κ1) is 14.2. The van der Waals surface area contributed by atoms with Crippen LogP contribution < -0.4 is 10.5 Å². The molecule has 0 radical (unpaired) electrons. The molecular weight excluding hydrogens is 276 g/mol. The lowest BCUT2D eigenvalue weighted by Gasteiger charge is -2.07. The van der Waals surface area contributed by atoms with Crippen molar-refractivity contribution in [2.75, 3.05) is 18.1 Å². The standard InChI is InChI=1S/C14H14N2O3S/c15-12-2-1-7-16-13(12)20-9-8-19-11-5-3-10(4-6-11)14(17)18/h1-7H,8-9,15H2,(H,17,18). The molecular formula is C14H14N2O3S. The minimum atomic E-state index is -0.947. The number of nitrogens with two attached hydrogens (primary N) is 1. The highest BCUT2D eigenvalue weighted by Crippen LogP contribution is 2.21. The summed E-state index contributed by atoms with van der Waals surface area (Å²) in [6, 6.07) is 9.91. The number of benzene rings is 1. The molecule has 0 spiro atoms. The molecule has 0 amide bonds. The maximum atomic E-state index is 10.7. The van der Waals surface area contributed by atoms with Crippen molar-refractivity contribution >= 4 is 23.4 Å². The van der Waals surface area contributed by atoms with Crippen molar-refractivity contribution < 1.29 is 14.6 Å². The van der Waals surface area contributed by atoms with Crippen LogP contribution in [0, 0.1) is 0 Å². The summed E-state index contributed by atoms with van der Waals surface area (Å²) in [5.41, 5.74) is 6.68. The van der Waals surface area contributed by atoms with Gasteiger partial charge in [0.05, 0.1) is 17.9 Å². The normalized spacial score (nSPS) is 10.2. The topological polar surface area (TPSA) is 85.4 Å². The van der Waals surface area contributed by atoms with Crippen molar-refractivity contribution in [2.24, 2.45) is 0 Å². The lowest BCUT2D eigenvalue weighted by molar-refractivity contribution is 0.0697. The molecule has 0 aliphatic heterocycles. The van der Waals surface area contributed by atoms with Gasteiger partial charge in [0, 0.05) is 11.9 Å². The first-order valence-electron chi connectivity index (χ1n) is 5.96. The van der Waals surface area contributed by atoms with E-state index in [-0.39, 0.29) is 5.56 Å². The number of nitrogen functional groups attached to an aromatic ring is 1. The van der Waals surface area contributed by atoms with Gasteiger partial charge in [0.25, 0.3) is 0 Å². The van der Waals surface area contributed by atoms with Gasteiger partial charge in [0.2, 0.25) is 0 Å². The van der Waals surface area contributed by atoms with E-state index in [1.807, 2.05) is 0 Å². The van der Waals surface area contributed by atoms with Crippen LogP contribution in [-0.2, 0) is 0 Å². The van der Waals surface area contributed by atoms with Crippen LogP contribution in [0.3, 0.4) is 0 Å². The molecule has 20 heavy (non-hydrogen) atoms. The molecule has 0 unspecified atom stereocenters. The SMILES string of the molecule is Nc1cccnc1SCCOc1ccc(C(=O)O)cc1. The van der Waals surface area contributed by atoms with Gasteiger partial charge in [-0.05, 0) is 36.4 Å². The molecule has 1 aromatic heterocycles. The highest BCUT2D eigenvalue weighted by molar-refractivity contribution is 7.99. The van der Waals surface area contributed by atoms with Crippen molar-refractivity contribution in [1.29, 1.82) is 0 Å². The maximum Gasteiger partial charge on any atom is 0.335 e. The van der Waals surface area contributed by atoms with Gasteiger partial charge in [-0.2, -0.15) is 0 Å². The molecule has 0 bridgehead atoms. The third-order valence-corrected chi connectivity index (χ3v) is 3.48.